The molecule has 8 heteroatoms. The van der Waals surface area contributed by atoms with Gasteiger partial charge >= 0.3 is 0 Å². The van der Waals surface area contributed by atoms with Gasteiger partial charge in [-0.25, -0.2) is 8.93 Å². The molecule has 1 heterocycles. The summed E-state index contributed by atoms with van der Waals surface area (Å²) >= 11 is 5.23. The summed E-state index contributed by atoms with van der Waals surface area (Å²) in [5.74, 6) is 0.969. The van der Waals surface area contributed by atoms with Crippen molar-refractivity contribution >= 4 is 49.4 Å². The maximum atomic E-state index is 12.5. The Morgan fingerprint density at radius 3 is 2.63 bits per heavy atom. The molecule has 0 saturated heterocycles. The highest BCUT2D eigenvalue weighted by Gasteiger charge is 2.09. The second-order valence-electron chi connectivity index (χ2n) is 5.74. The number of H-pyrrole nitrogens is 1. The second kappa shape index (κ2) is 10.2. The molecule has 0 bridgehead atoms. The van der Waals surface area contributed by atoms with E-state index in [1.165, 1.54) is 4.90 Å². The molecule has 27 heavy (non-hydrogen) atoms. The number of fused-ring (bicyclic) bond motifs is 1. The SMILES string of the molecule is O=c1[nH]ccc2c(S(=O)NCCNCCSc3ccc(Br)cc3)cccc12. The summed E-state index contributed by atoms with van der Waals surface area (Å²) in [5, 5.41) is 4.60. The van der Waals surface area contributed by atoms with Crippen molar-refractivity contribution in [2.45, 2.75) is 9.79 Å². The average molecular weight is 466 g/mol. The lowest BCUT2D eigenvalue weighted by Gasteiger charge is -2.08. The average Bonchev–Trinajstić information content (AvgIpc) is 2.68. The predicted octanol–water partition coefficient (Wildman–Crippen LogP) is 3.28. The molecule has 3 N–H and O–H groups in total. The van der Waals surface area contributed by atoms with Crippen LogP contribution in [0.25, 0.3) is 10.8 Å². The van der Waals surface area contributed by atoms with Crippen LogP contribution in [0.3, 0.4) is 0 Å². The third-order valence-corrected chi connectivity index (χ3v) is 6.64. The number of hydrogen-bond acceptors (Lipinski definition) is 4. The topological polar surface area (TPSA) is 74.0 Å². The van der Waals surface area contributed by atoms with Gasteiger partial charge in [-0.3, -0.25) is 4.79 Å². The first-order chi connectivity index (χ1) is 13.1. The zero-order valence-corrected chi connectivity index (χ0v) is 17.8. The lowest BCUT2D eigenvalue weighted by atomic mass is 10.2. The van der Waals surface area contributed by atoms with E-state index in [1.54, 1.807) is 42.2 Å². The van der Waals surface area contributed by atoms with E-state index in [-0.39, 0.29) is 5.56 Å². The number of rotatable bonds is 9. The van der Waals surface area contributed by atoms with Crippen LogP contribution in [-0.2, 0) is 11.0 Å². The fourth-order valence-corrected chi connectivity index (χ4v) is 4.66. The molecular formula is C19H20BrN3O2S2. The lowest BCUT2D eigenvalue weighted by molar-refractivity contribution is 0.660. The molecule has 0 radical (unpaired) electrons. The molecule has 0 saturated carbocycles. The van der Waals surface area contributed by atoms with Crippen LogP contribution in [0.4, 0.5) is 0 Å². The zero-order chi connectivity index (χ0) is 19.1. The van der Waals surface area contributed by atoms with Crippen molar-refractivity contribution in [3.05, 3.63) is 69.6 Å². The van der Waals surface area contributed by atoms with Crippen molar-refractivity contribution in [2.75, 3.05) is 25.4 Å². The van der Waals surface area contributed by atoms with Crippen LogP contribution < -0.4 is 15.6 Å². The van der Waals surface area contributed by atoms with Crippen LogP contribution in [0.2, 0.25) is 0 Å². The van der Waals surface area contributed by atoms with E-state index in [9.17, 15) is 9.00 Å². The molecule has 0 aliphatic carbocycles. The summed E-state index contributed by atoms with van der Waals surface area (Å²) in [6.45, 7) is 2.17. The van der Waals surface area contributed by atoms with Gasteiger partial charge in [-0.15, -0.1) is 11.8 Å². The molecule has 142 valence electrons. The van der Waals surface area contributed by atoms with E-state index in [2.05, 4.69) is 43.1 Å². The monoisotopic (exact) mass is 465 g/mol. The quantitative estimate of drug-likeness (QED) is 0.334. The third kappa shape index (κ3) is 5.76. The molecule has 0 fully saturated rings. The Hall–Kier alpha value is -1.45. The summed E-state index contributed by atoms with van der Waals surface area (Å²) < 4.78 is 16.6. The Balaban J connectivity index is 1.41. The number of pyridine rings is 1. The highest BCUT2D eigenvalue weighted by atomic mass is 79.9. The number of benzene rings is 2. The van der Waals surface area contributed by atoms with Crippen LogP contribution >= 0.6 is 27.7 Å². The van der Waals surface area contributed by atoms with E-state index >= 15 is 0 Å². The number of halogens is 1. The van der Waals surface area contributed by atoms with Crippen molar-refractivity contribution in [1.82, 2.24) is 15.0 Å². The van der Waals surface area contributed by atoms with Gasteiger partial charge in [0.15, 0.2) is 0 Å². The number of aromatic nitrogens is 1. The van der Waals surface area contributed by atoms with Gasteiger partial charge in [0.05, 0.1) is 4.90 Å². The molecule has 0 spiro atoms. The van der Waals surface area contributed by atoms with Crippen LogP contribution in [-0.4, -0.2) is 34.6 Å². The summed E-state index contributed by atoms with van der Waals surface area (Å²) in [5.41, 5.74) is -0.170. The number of nitrogens with one attached hydrogen (secondary N) is 3. The summed E-state index contributed by atoms with van der Waals surface area (Å²) in [4.78, 5) is 16.4. The van der Waals surface area contributed by atoms with Crippen molar-refractivity contribution in [2.24, 2.45) is 0 Å². The van der Waals surface area contributed by atoms with Gasteiger partial charge in [0.2, 0.25) is 0 Å². The molecule has 0 amide bonds. The summed E-state index contributed by atoms with van der Waals surface area (Å²) in [6, 6.07) is 15.3. The third-order valence-electron chi connectivity index (χ3n) is 3.87. The van der Waals surface area contributed by atoms with Gasteiger partial charge in [0, 0.05) is 51.7 Å². The van der Waals surface area contributed by atoms with Gasteiger partial charge in [-0.05, 0) is 42.5 Å². The molecule has 5 nitrogen and oxygen atoms in total. The van der Waals surface area contributed by atoms with E-state index in [1.807, 2.05) is 12.1 Å². The maximum absolute atomic E-state index is 12.5. The van der Waals surface area contributed by atoms with Gasteiger partial charge in [-0.1, -0.05) is 22.0 Å². The van der Waals surface area contributed by atoms with Gasteiger partial charge in [-0.2, -0.15) is 0 Å². The smallest absolute Gasteiger partial charge is 0.255 e. The molecule has 2 aromatic carbocycles. The van der Waals surface area contributed by atoms with E-state index in [0.29, 0.717) is 22.2 Å². The fraction of sp³-hybridized carbons (Fsp3) is 0.211. The van der Waals surface area contributed by atoms with Crippen LogP contribution in [0.5, 0.6) is 0 Å². The number of aromatic amines is 1. The minimum absolute atomic E-state index is 0.170. The Morgan fingerprint density at radius 1 is 1.00 bits per heavy atom. The molecule has 1 atom stereocenters. The van der Waals surface area contributed by atoms with Crippen molar-refractivity contribution in [3.63, 3.8) is 0 Å². The fourth-order valence-electron chi connectivity index (χ4n) is 2.56. The summed E-state index contributed by atoms with van der Waals surface area (Å²) in [7, 11) is -1.36. The molecular weight excluding hydrogens is 446 g/mol. The molecule has 3 aromatic rings. The Kier molecular flexibility index (Phi) is 7.66. The van der Waals surface area contributed by atoms with Crippen molar-refractivity contribution in [3.8, 4) is 0 Å². The van der Waals surface area contributed by atoms with E-state index < -0.39 is 11.0 Å². The molecule has 1 unspecified atom stereocenters. The van der Waals surface area contributed by atoms with Crippen molar-refractivity contribution < 1.29 is 4.21 Å². The lowest BCUT2D eigenvalue weighted by Crippen LogP contribution is -2.30. The molecule has 0 aliphatic heterocycles. The van der Waals surface area contributed by atoms with Gasteiger partial charge < -0.3 is 10.3 Å². The Morgan fingerprint density at radius 2 is 1.81 bits per heavy atom. The van der Waals surface area contributed by atoms with Crippen LogP contribution in [0.15, 0.2) is 73.8 Å². The highest BCUT2D eigenvalue weighted by Crippen LogP contribution is 2.20. The van der Waals surface area contributed by atoms with E-state index in [4.69, 9.17) is 0 Å². The minimum atomic E-state index is -1.36. The van der Waals surface area contributed by atoms with Gasteiger partial charge in [0.1, 0.15) is 11.0 Å². The minimum Gasteiger partial charge on any atom is -0.329 e. The maximum Gasteiger partial charge on any atom is 0.255 e. The molecule has 0 aliphatic rings. The first-order valence-electron chi connectivity index (χ1n) is 8.50. The second-order valence-corrected chi connectivity index (χ2v) is 9.09. The largest absolute Gasteiger partial charge is 0.329 e. The van der Waals surface area contributed by atoms with Crippen molar-refractivity contribution in [1.29, 1.82) is 0 Å². The highest BCUT2D eigenvalue weighted by molar-refractivity contribution is 9.10. The van der Waals surface area contributed by atoms with Crippen LogP contribution in [0.1, 0.15) is 0 Å². The first-order valence-corrected chi connectivity index (χ1v) is 11.4. The molecule has 3 rings (SSSR count). The first kappa shape index (κ1) is 20.3. The molecule has 1 aromatic heterocycles. The zero-order valence-electron chi connectivity index (χ0n) is 14.5. The van der Waals surface area contributed by atoms with Gasteiger partial charge in [0.25, 0.3) is 5.56 Å². The number of thioether (sulfide) groups is 1. The Labute approximate surface area is 173 Å². The van der Waals surface area contributed by atoms with Crippen LogP contribution in [0, 0.1) is 0 Å². The standard InChI is InChI=1S/C19H20BrN3O2S2/c20-14-4-6-15(7-5-14)26-13-12-21-10-11-23-27(25)18-3-1-2-17-16(18)8-9-22-19(17)24/h1-9,21,23H,10-13H2,(H,22,24). The number of hydrogen-bond donors (Lipinski definition) is 3. The van der Waals surface area contributed by atoms with E-state index in [0.717, 1.165) is 23.3 Å². The predicted molar refractivity (Wildman–Crippen MR) is 117 cm³/mol. The summed E-state index contributed by atoms with van der Waals surface area (Å²) in [6.07, 6.45) is 1.58. The Bertz CT molecular complexity index is 977. The normalized spacial score (nSPS) is 12.3.